The normalized spacial score (nSPS) is 17.2. The number of hydrogen-bond acceptors (Lipinski definition) is 5. The van der Waals surface area contributed by atoms with E-state index in [9.17, 15) is 14.4 Å². The number of aryl methyl sites for hydroxylation is 2. The number of amides is 3. The van der Waals surface area contributed by atoms with Gasteiger partial charge in [0.2, 0.25) is 18.2 Å². The lowest BCUT2D eigenvalue weighted by Crippen LogP contribution is -2.51. The highest BCUT2D eigenvalue weighted by atomic mass is 16.5. The number of aromatic nitrogens is 1. The maximum atomic E-state index is 12.2. The van der Waals surface area contributed by atoms with Gasteiger partial charge in [-0.15, -0.1) is 0 Å². The Morgan fingerprint density at radius 1 is 1.50 bits per heavy atom. The van der Waals surface area contributed by atoms with Crippen LogP contribution in [0.2, 0.25) is 0 Å². The van der Waals surface area contributed by atoms with Crippen molar-refractivity contribution in [2.45, 2.75) is 58.5 Å². The molecule has 1 saturated heterocycles. The van der Waals surface area contributed by atoms with Crippen molar-refractivity contribution in [3.63, 3.8) is 0 Å². The third-order valence-corrected chi connectivity index (χ3v) is 4.57. The number of hydrogen-bond donors (Lipinski definition) is 2. The van der Waals surface area contributed by atoms with Crippen LogP contribution in [-0.4, -0.2) is 46.9 Å². The quantitative estimate of drug-likeness (QED) is 0.472. The minimum Gasteiger partial charge on any atom is -0.368 e. The van der Waals surface area contributed by atoms with Crippen LogP contribution in [0.25, 0.3) is 0 Å². The fraction of sp³-hybridized carbons (Fsp3) is 0.455. The average molecular weight is 417 g/mol. The van der Waals surface area contributed by atoms with E-state index in [2.05, 4.69) is 17.1 Å². The molecule has 1 aromatic heterocycles. The molecule has 3 N–H and O–H groups in total. The summed E-state index contributed by atoms with van der Waals surface area (Å²) in [6, 6.07) is 0.608. The Morgan fingerprint density at radius 3 is 2.70 bits per heavy atom. The summed E-state index contributed by atoms with van der Waals surface area (Å²) in [6.07, 6.45) is 10.3. The van der Waals surface area contributed by atoms with Crippen molar-refractivity contribution >= 4 is 18.2 Å². The molecule has 164 valence electrons. The molecule has 1 aliphatic heterocycles. The molecule has 30 heavy (non-hydrogen) atoms. The van der Waals surface area contributed by atoms with Crippen LogP contribution in [0.3, 0.4) is 0 Å². The third-order valence-electron chi connectivity index (χ3n) is 4.57. The van der Waals surface area contributed by atoms with Gasteiger partial charge < -0.3 is 20.5 Å². The standard InChI is InChI=1S/C16H23N3O3.C6H9NO/c1-3-6-12(7-4-2)10-13(15(17)21)18-16(22)14-8-5-9-19(14)11-20;1-3-6-4-5(2)7-8-6/h3-4,6-7,11,13-14H,1,5,8-10H2,2H3,(H2,17,21)(H,18,22);4H,3H2,1-2H3/b7-4-,12-6+;. The van der Waals surface area contributed by atoms with Crippen molar-refractivity contribution < 1.29 is 18.9 Å². The number of carbonyl (C=O) groups excluding carboxylic acids is 3. The van der Waals surface area contributed by atoms with Crippen LogP contribution in [0.4, 0.5) is 0 Å². The number of nitrogens with two attached hydrogens (primary N) is 1. The van der Waals surface area contributed by atoms with E-state index < -0.39 is 18.0 Å². The molecular formula is C22H32N4O4. The molecule has 0 bridgehead atoms. The van der Waals surface area contributed by atoms with Crippen LogP contribution in [0.15, 0.2) is 47.0 Å². The summed E-state index contributed by atoms with van der Waals surface area (Å²) in [4.78, 5) is 36.2. The molecule has 2 heterocycles. The van der Waals surface area contributed by atoms with Gasteiger partial charge in [-0.3, -0.25) is 14.4 Å². The Kier molecular flexibility index (Phi) is 10.9. The number of allylic oxidation sites excluding steroid dienone is 4. The lowest BCUT2D eigenvalue weighted by molar-refractivity contribution is -0.133. The van der Waals surface area contributed by atoms with Gasteiger partial charge in [-0.25, -0.2) is 0 Å². The summed E-state index contributed by atoms with van der Waals surface area (Å²) in [6.45, 7) is 10.00. The van der Waals surface area contributed by atoms with E-state index in [4.69, 9.17) is 10.3 Å². The molecule has 2 rings (SSSR count). The Morgan fingerprint density at radius 2 is 2.23 bits per heavy atom. The summed E-state index contributed by atoms with van der Waals surface area (Å²) < 4.78 is 4.86. The first-order valence-electron chi connectivity index (χ1n) is 10.0. The molecule has 2 unspecified atom stereocenters. The molecule has 3 amide bonds. The van der Waals surface area contributed by atoms with Crippen LogP contribution >= 0.6 is 0 Å². The molecule has 0 saturated carbocycles. The van der Waals surface area contributed by atoms with E-state index in [-0.39, 0.29) is 12.3 Å². The smallest absolute Gasteiger partial charge is 0.243 e. The maximum Gasteiger partial charge on any atom is 0.243 e. The van der Waals surface area contributed by atoms with Gasteiger partial charge in [0.25, 0.3) is 0 Å². The van der Waals surface area contributed by atoms with Gasteiger partial charge in [-0.1, -0.05) is 43.0 Å². The molecule has 8 heteroatoms. The summed E-state index contributed by atoms with van der Waals surface area (Å²) in [5, 5.41) is 6.36. The van der Waals surface area contributed by atoms with Gasteiger partial charge in [0.05, 0.1) is 5.69 Å². The molecule has 1 fully saturated rings. The van der Waals surface area contributed by atoms with E-state index in [1.807, 2.05) is 39.0 Å². The monoisotopic (exact) mass is 416 g/mol. The molecule has 1 aliphatic rings. The van der Waals surface area contributed by atoms with Gasteiger partial charge in [0.15, 0.2) is 0 Å². The highest BCUT2D eigenvalue weighted by Crippen LogP contribution is 2.16. The number of nitrogens with one attached hydrogen (secondary N) is 1. The Hall–Kier alpha value is -3.16. The van der Waals surface area contributed by atoms with E-state index in [0.29, 0.717) is 19.4 Å². The lowest BCUT2D eigenvalue weighted by Gasteiger charge is -2.22. The fourth-order valence-corrected chi connectivity index (χ4v) is 3.06. The number of primary amides is 1. The number of nitrogens with zero attached hydrogens (tertiary/aromatic N) is 2. The SMILES string of the molecule is C=C/C=C(\C=C/C)CC(NC(=O)C1CCCN1C=O)C(N)=O.CCc1cc(C)no1. The second-order valence-electron chi connectivity index (χ2n) is 6.93. The van der Waals surface area contributed by atoms with Crippen molar-refractivity contribution in [2.24, 2.45) is 5.73 Å². The Labute approximate surface area is 177 Å². The minimum atomic E-state index is -0.816. The summed E-state index contributed by atoms with van der Waals surface area (Å²) in [5.41, 5.74) is 7.17. The topological polar surface area (TPSA) is 119 Å². The Bertz CT molecular complexity index is 782. The number of rotatable bonds is 9. The van der Waals surface area contributed by atoms with Crippen LogP contribution in [0, 0.1) is 6.92 Å². The van der Waals surface area contributed by atoms with Crippen LogP contribution in [-0.2, 0) is 20.8 Å². The molecule has 2 atom stereocenters. The molecule has 0 aliphatic carbocycles. The van der Waals surface area contributed by atoms with Crippen LogP contribution in [0.5, 0.6) is 0 Å². The van der Waals surface area contributed by atoms with Gasteiger partial charge >= 0.3 is 0 Å². The van der Waals surface area contributed by atoms with Crippen molar-refractivity contribution in [3.05, 3.63) is 54.0 Å². The zero-order valence-electron chi connectivity index (χ0n) is 18.0. The fourth-order valence-electron chi connectivity index (χ4n) is 3.06. The first-order chi connectivity index (χ1) is 14.4. The second kappa shape index (κ2) is 13.1. The lowest BCUT2D eigenvalue weighted by atomic mass is 10.0. The van der Waals surface area contributed by atoms with Gasteiger partial charge in [-0.05, 0) is 32.3 Å². The van der Waals surface area contributed by atoms with E-state index in [1.54, 1.807) is 12.2 Å². The van der Waals surface area contributed by atoms with Crippen LogP contribution < -0.4 is 11.1 Å². The van der Waals surface area contributed by atoms with E-state index in [0.717, 1.165) is 29.9 Å². The van der Waals surface area contributed by atoms with Crippen molar-refractivity contribution in [2.75, 3.05) is 6.54 Å². The van der Waals surface area contributed by atoms with Crippen molar-refractivity contribution in [3.8, 4) is 0 Å². The number of carbonyl (C=O) groups is 3. The van der Waals surface area contributed by atoms with Gasteiger partial charge in [0.1, 0.15) is 17.8 Å². The molecule has 1 aromatic rings. The first-order valence-corrected chi connectivity index (χ1v) is 10.0. The van der Waals surface area contributed by atoms with E-state index in [1.165, 1.54) is 4.90 Å². The molecular weight excluding hydrogens is 384 g/mol. The maximum absolute atomic E-state index is 12.2. The second-order valence-corrected chi connectivity index (χ2v) is 6.93. The summed E-state index contributed by atoms with van der Waals surface area (Å²) in [7, 11) is 0. The molecule has 8 nitrogen and oxygen atoms in total. The van der Waals surface area contributed by atoms with E-state index >= 15 is 0 Å². The molecule has 0 spiro atoms. The molecule has 0 aromatic carbocycles. The minimum absolute atomic E-state index is 0.283. The largest absolute Gasteiger partial charge is 0.368 e. The molecule has 0 radical (unpaired) electrons. The van der Waals surface area contributed by atoms with Crippen LogP contribution in [0.1, 0.15) is 44.6 Å². The van der Waals surface area contributed by atoms with Crippen molar-refractivity contribution in [1.29, 1.82) is 0 Å². The predicted molar refractivity (Wildman–Crippen MR) is 115 cm³/mol. The van der Waals surface area contributed by atoms with Gasteiger partial charge in [-0.2, -0.15) is 0 Å². The predicted octanol–water partition coefficient (Wildman–Crippen LogP) is 2.20. The van der Waals surface area contributed by atoms with Crippen molar-refractivity contribution in [1.82, 2.24) is 15.4 Å². The zero-order valence-corrected chi connectivity index (χ0v) is 18.0. The highest BCUT2D eigenvalue weighted by Gasteiger charge is 2.31. The highest BCUT2D eigenvalue weighted by molar-refractivity contribution is 5.90. The summed E-state index contributed by atoms with van der Waals surface area (Å²) in [5.74, 6) is 0.0118. The third kappa shape index (κ3) is 8.06. The Balaban J connectivity index is 0.000000467. The summed E-state index contributed by atoms with van der Waals surface area (Å²) >= 11 is 0. The first kappa shape index (κ1) is 24.9. The zero-order chi connectivity index (χ0) is 22.5. The number of likely N-dealkylation sites (tertiary alicyclic amines) is 1. The average Bonchev–Trinajstić information content (AvgIpc) is 3.36. The van der Waals surface area contributed by atoms with Gasteiger partial charge in [0, 0.05) is 25.5 Å².